The molecule has 0 aliphatic carbocycles. The number of aromatic carboxylic acids is 1. The molecular weight excluding hydrogens is 366 g/mol. The number of aromatic nitrogens is 2. The van der Waals surface area contributed by atoms with E-state index in [1.807, 2.05) is 12.1 Å². The number of rotatable bonds is 4. The highest BCUT2D eigenvalue weighted by atomic mass is 16.4. The largest absolute Gasteiger partial charge is 0.478 e. The van der Waals surface area contributed by atoms with E-state index in [1.165, 1.54) is 17.8 Å². The van der Waals surface area contributed by atoms with Crippen molar-refractivity contribution >= 4 is 17.5 Å². The molecule has 7 heteroatoms. The van der Waals surface area contributed by atoms with Crippen molar-refractivity contribution in [1.82, 2.24) is 14.9 Å². The number of hydrogen-bond donors (Lipinski definition) is 2. The Balaban J connectivity index is 1.59. The standard InChI is InChI=1S/C22H23N5O2/c1-26-10-12-27(13-11-26)18-8-6-15(7-9-18)19-14-24-21(23)20(25-19)16-2-4-17(5-3-16)22(28)29/h2-9,14H,10-13H2,1H3,(H2,23,24)(H,28,29). The van der Waals surface area contributed by atoms with E-state index in [1.54, 1.807) is 18.3 Å². The van der Waals surface area contributed by atoms with Crippen LogP contribution < -0.4 is 10.6 Å². The Morgan fingerprint density at radius 1 is 0.966 bits per heavy atom. The van der Waals surface area contributed by atoms with E-state index in [0.717, 1.165) is 43.0 Å². The van der Waals surface area contributed by atoms with E-state index in [-0.39, 0.29) is 5.56 Å². The number of likely N-dealkylation sites (N-methyl/N-ethyl adjacent to an activating group) is 1. The zero-order chi connectivity index (χ0) is 20.4. The average Bonchev–Trinajstić information content (AvgIpc) is 2.75. The molecule has 148 valence electrons. The maximum Gasteiger partial charge on any atom is 0.335 e. The number of benzene rings is 2. The Kier molecular flexibility index (Phi) is 5.14. The highest BCUT2D eigenvalue weighted by Crippen LogP contribution is 2.27. The number of nitrogens with zero attached hydrogens (tertiary/aromatic N) is 4. The van der Waals surface area contributed by atoms with E-state index in [4.69, 9.17) is 10.8 Å². The van der Waals surface area contributed by atoms with E-state index >= 15 is 0 Å². The maximum absolute atomic E-state index is 11.1. The fraction of sp³-hybridized carbons (Fsp3) is 0.227. The molecule has 2 aromatic carbocycles. The molecule has 0 bridgehead atoms. The van der Waals surface area contributed by atoms with Crippen LogP contribution in [0, 0.1) is 0 Å². The summed E-state index contributed by atoms with van der Waals surface area (Å²) in [6, 6.07) is 14.8. The first-order valence-electron chi connectivity index (χ1n) is 9.51. The number of piperazine rings is 1. The number of nitrogens with two attached hydrogens (primary N) is 1. The van der Waals surface area contributed by atoms with Crippen molar-refractivity contribution in [1.29, 1.82) is 0 Å². The minimum Gasteiger partial charge on any atom is -0.478 e. The number of anilines is 2. The van der Waals surface area contributed by atoms with Gasteiger partial charge in [0.05, 0.1) is 17.5 Å². The van der Waals surface area contributed by atoms with Crippen molar-refractivity contribution in [2.45, 2.75) is 0 Å². The van der Waals surface area contributed by atoms with Crippen molar-refractivity contribution < 1.29 is 9.90 Å². The maximum atomic E-state index is 11.1. The van der Waals surface area contributed by atoms with Gasteiger partial charge in [-0.3, -0.25) is 0 Å². The summed E-state index contributed by atoms with van der Waals surface area (Å²) in [6.07, 6.45) is 1.66. The van der Waals surface area contributed by atoms with Gasteiger partial charge in [-0.1, -0.05) is 24.3 Å². The van der Waals surface area contributed by atoms with Crippen molar-refractivity contribution in [3.05, 3.63) is 60.3 Å². The zero-order valence-electron chi connectivity index (χ0n) is 16.2. The van der Waals surface area contributed by atoms with E-state index < -0.39 is 5.97 Å². The molecule has 29 heavy (non-hydrogen) atoms. The van der Waals surface area contributed by atoms with E-state index in [0.29, 0.717) is 11.5 Å². The third kappa shape index (κ3) is 4.05. The van der Waals surface area contributed by atoms with Crippen molar-refractivity contribution in [3.63, 3.8) is 0 Å². The predicted octanol–water partition coefficient (Wildman–Crippen LogP) is 2.84. The van der Waals surface area contributed by atoms with Gasteiger partial charge in [0, 0.05) is 43.0 Å². The molecule has 4 rings (SSSR count). The summed E-state index contributed by atoms with van der Waals surface area (Å²) in [6.45, 7) is 4.17. The summed E-state index contributed by atoms with van der Waals surface area (Å²) in [7, 11) is 2.15. The summed E-state index contributed by atoms with van der Waals surface area (Å²) in [4.78, 5) is 24.7. The summed E-state index contributed by atoms with van der Waals surface area (Å²) >= 11 is 0. The Bertz CT molecular complexity index is 1010. The van der Waals surface area contributed by atoms with Crippen LogP contribution in [0.1, 0.15) is 10.4 Å². The number of nitrogen functional groups attached to an aromatic ring is 1. The summed E-state index contributed by atoms with van der Waals surface area (Å²) in [5, 5.41) is 9.06. The Morgan fingerprint density at radius 3 is 2.21 bits per heavy atom. The zero-order valence-corrected chi connectivity index (χ0v) is 16.2. The predicted molar refractivity (Wildman–Crippen MR) is 114 cm³/mol. The van der Waals surface area contributed by atoms with Gasteiger partial charge in [0.25, 0.3) is 0 Å². The molecule has 3 N–H and O–H groups in total. The fourth-order valence-electron chi connectivity index (χ4n) is 3.43. The molecule has 1 aromatic heterocycles. The van der Waals surface area contributed by atoms with Gasteiger partial charge in [0.1, 0.15) is 11.5 Å². The van der Waals surface area contributed by atoms with Crippen LogP contribution >= 0.6 is 0 Å². The molecule has 7 nitrogen and oxygen atoms in total. The first kappa shape index (κ1) is 18.9. The van der Waals surface area contributed by atoms with Crippen LogP contribution in [0.2, 0.25) is 0 Å². The number of carbonyl (C=O) groups is 1. The Labute approximate surface area is 169 Å². The normalized spacial score (nSPS) is 14.7. The van der Waals surface area contributed by atoms with Crippen LogP contribution in [0.25, 0.3) is 22.5 Å². The molecule has 0 saturated carbocycles. The molecule has 1 saturated heterocycles. The van der Waals surface area contributed by atoms with Crippen LogP contribution in [-0.2, 0) is 0 Å². The highest BCUT2D eigenvalue weighted by molar-refractivity contribution is 5.88. The first-order chi connectivity index (χ1) is 14.0. The molecule has 0 unspecified atom stereocenters. The smallest absolute Gasteiger partial charge is 0.335 e. The highest BCUT2D eigenvalue weighted by Gasteiger charge is 2.15. The van der Waals surface area contributed by atoms with Crippen LogP contribution in [0.15, 0.2) is 54.7 Å². The number of carboxylic acids is 1. The minimum absolute atomic E-state index is 0.218. The topological polar surface area (TPSA) is 95.6 Å². The second-order valence-electron chi connectivity index (χ2n) is 7.21. The van der Waals surface area contributed by atoms with Gasteiger partial charge in [-0.05, 0) is 31.3 Å². The number of hydrogen-bond acceptors (Lipinski definition) is 6. The van der Waals surface area contributed by atoms with Gasteiger partial charge in [-0.2, -0.15) is 0 Å². The van der Waals surface area contributed by atoms with Gasteiger partial charge >= 0.3 is 5.97 Å². The third-order valence-corrected chi connectivity index (χ3v) is 5.24. The lowest BCUT2D eigenvalue weighted by atomic mass is 10.1. The molecule has 1 fully saturated rings. The average molecular weight is 389 g/mol. The van der Waals surface area contributed by atoms with E-state index in [2.05, 4.69) is 38.9 Å². The monoisotopic (exact) mass is 389 g/mol. The Hall–Kier alpha value is -3.45. The lowest BCUT2D eigenvalue weighted by Gasteiger charge is -2.34. The molecule has 0 spiro atoms. The molecule has 0 atom stereocenters. The van der Waals surface area contributed by atoms with Crippen molar-refractivity contribution in [2.24, 2.45) is 0 Å². The minimum atomic E-state index is -0.968. The van der Waals surface area contributed by atoms with Crippen molar-refractivity contribution in [2.75, 3.05) is 43.9 Å². The van der Waals surface area contributed by atoms with Crippen molar-refractivity contribution in [3.8, 4) is 22.5 Å². The van der Waals surface area contributed by atoms with Gasteiger partial charge < -0.3 is 20.6 Å². The molecule has 0 radical (unpaired) electrons. The van der Waals surface area contributed by atoms with Crippen LogP contribution in [0.3, 0.4) is 0 Å². The molecular formula is C22H23N5O2. The summed E-state index contributed by atoms with van der Waals surface area (Å²) < 4.78 is 0. The third-order valence-electron chi connectivity index (χ3n) is 5.24. The van der Waals surface area contributed by atoms with E-state index in [9.17, 15) is 4.79 Å². The SMILES string of the molecule is CN1CCN(c2ccc(-c3cnc(N)c(-c4ccc(C(=O)O)cc4)n3)cc2)CC1. The second-order valence-corrected chi connectivity index (χ2v) is 7.21. The van der Waals surface area contributed by atoms with Crippen LogP contribution in [0.4, 0.5) is 11.5 Å². The molecule has 1 aliphatic heterocycles. The lowest BCUT2D eigenvalue weighted by Crippen LogP contribution is -2.44. The first-order valence-corrected chi connectivity index (χ1v) is 9.51. The Morgan fingerprint density at radius 2 is 1.59 bits per heavy atom. The summed E-state index contributed by atoms with van der Waals surface area (Å²) in [5.41, 5.74) is 10.4. The van der Waals surface area contributed by atoms with Gasteiger partial charge in [0.15, 0.2) is 0 Å². The molecule has 1 aliphatic rings. The molecule has 3 aromatic rings. The second kappa shape index (κ2) is 7.89. The van der Waals surface area contributed by atoms with Gasteiger partial charge in [-0.15, -0.1) is 0 Å². The quantitative estimate of drug-likeness (QED) is 0.708. The van der Waals surface area contributed by atoms with Crippen LogP contribution in [-0.4, -0.2) is 59.2 Å². The number of carboxylic acid groups (broad SMARTS) is 1. The fourth-order valence-corrected chi connectivity index (χ4v) is 3.43. The van der Waals surface area contributed by atoms with Crippen LogP contribution in [0.5, 0.6) is 0 Å². The van der Waals surface area contributed by atoms with Gasteiger partial charge in [-0.25, -0.2) is 14.8 Å². The lowest BCUT2D eigenvalue weighted by molar-refractivity contribution is 0.0697. The summed E-state index contributed by atoms with van der Waals surface area (Å²) in [5.74, 6) is -0.657. The molecule has 2 heterocycles. The van der Waals surface area contributed by atoms with Gasteiger partial charge in [0.2, 0.25) is 0 Å². The molecule has 0 amide bonds.